The first-order chi connectivity index (χ1) is 13.3. The minimum Gasteiger partial charge on any atom is -0.477 e. The molecule has 1 aromatic rings. The van der Waals surface area contributed by atoms with Gasteiger partial charge in [0.2, 0.25) is 0 Å². The van der Waals surface area contributed by atoms with Gasteiger partial charge >= 0.3 is 11.9 Å². The van der Waals surface area contributed by atoms with E-state index in [0.29, 0.717) is 0 Å². The van der Waals surface area contributed by atoms with Crippen LogP contribution in [0.2, 0.25) is 0 Å². The highest BCUT2D eigenvalue weighted by atomic mass is 32.2. The third-order valence-electron chi connectivity index (χ3n) is 4.06. The second-order valence-corrected chi connectivity index (χ2v) is 6.92. The zero-order chi connectivity index (χ0) is 20.4. The number of rotatable bonds is 6. The number of nitrogens with zero attached hydrogens (tertiary/aromatic N) is 3. The number of carbonyl (C=O) groups is 4. The van der Waals surface area contributed by atoms with Gasteiger partial charge in [-0.15, -0.1) is 11.8 Å². The van der Waals surface area contributed by atoms with Crippen LogP contribution in [0, 0.1) is 0 Å². The molecule has 3 heterocycles. The maximum absolute atomic E-state index is 12.5. The Morgan fingerprint density at radius 1 is 1.50 bits per heavy atom. The Kier molecular flexibility index (Phi) is 5.35. The van der Waals surface area contributed by atoms with Crippen molar-refractivity contribution >= 4 is 41.2 Å². The molecule has 3 rings (SSSR count). The van der Waals surface area contributed by atoms with Crippen LogP contribution >= 0.6 is 11.8 Å². The third-order valence-corrected chi connectivity index (χ3v) is 5.40. The first kappa shape index (κ1) is 19.4. The van der Waals surface area contributed by atoms with Crippen molar-refractivity contribution in [2.45, 2.75) is 18.3 Å². The molecule has 12 nitrogen and oxygen atoms in total. The van der Waals surface area contributed by atoms with Crippen LogP contribution in [0.1, 0.15) is 12.6 Å². The van der Waals surface area contributed by atoms with Gasteiger partial charge < -0.3 is 20.4 Å². The summed E-state index contributed by atoms with van der Waals surface area (Å²) >= 11 is 1.22. The van der Waals surface area contributed by atoms with Gasteiger partial charge in [-0.25, -0.2) is 4.79 Å². The van der Waals surface area contributed by atoms with E-state index >= 15 is 0 Å². The first-order valence-electron chi connectivity index (χ1n) is 7.91. The number of H-pyrrole nitrogens is 1. The molecule has 1 unspecified atom stereocenters. The summed E-state index contributed by atoms with van der Waals surface area (Å²) in [4.78, 5) is 48.5. The van der Waals surface area contributed by atoms with E-state index in [9.17, 15) is 24.3 Å². The van der Waals surface area contributed by atoms with E-state index < -0.39 is 35.2 Å². The Morgan fingerprint density at radius 2 is 2.25 bits per heavy atom. The number of hydrogen-bond donors (Lipinski definition) is 4. The van der Waals surface area contributed by atoms with Crippen molar-refractivity contribution in [2.75, 3.05) is 12.4 Å². The van der Waals surface area contributed by atoms with Crippen LogP contribution in [0.5, 0.6) is 0 Å². The quantitative estimate of drug-likeness (QED) is 0.149. The highest BCUT2D eigenvalue weighted by Gasteiger charge is 2.54. The number of hydrogen-bond acceptors (Lipinski definition) is 9. The molecule has 1 saturated heterocycles. The number of nitrogens with one attached hydrogen (secondary N) is 2. The lowest BCUT2D eigenvalue weighted by molar-refractivity contribution is -0.150. The fourth-order valence-electron chi connectivity index (χ4n) is 2.80. The number of amides is 2. The Labute approximate surface area is 161 Å². The molecule has 0 aliphatic carbocycles. The Bertz CT molecular complexity index is 895. The molecule has 148 valence electrons. The zero-order valence-electron chi connectivity index (χ0n) is 14.4. The lowest BCUT2D eigenvalue weighted by atomic mass is 10.0. The van der Waals surface area contributed by atoms with Crippen LogP contribution in [-0.4, -0.2) is 78.7 Å². The lowest BCUT2D eigenvalue weighted by Gasteiger charge is -2.49. The van der Waals surface area contributed by atoms with Gasteiger partial charge in [0.1, 0.15) is 23.7 Å². The summed E-state index contributed by atoms with van der Waals surface area (Å²) in [6.07, 6.45) is 1.36. The van der Waals surface area contributed by atoms with E-state index in [1.165, 1.54) is 30.9 Å². The maximum atomic E-state index is 12.5. The summed E-state index contributed by atoms with van der Waals surface area (Å²) in [5.41, 5.74) is -0.189. The van der Waals surface area contributed by atoms with E-state index in [2.05, 4.69) is 20.7 Å². The van der Waals surface area contributed by atoms with E-state index in [1.807, 2.05) is 0 Å². The SMILES string of the molecule is CC(=O)OCC1=C(C(=O)O)N2C(=O)C(NC(=O)C(=NO)c3ccn[nH]3)[C@H]2SC1. The summed E-state index contributed by atoms with van der Waals surface area (Å²) in [6.45, 7) is 0.957. The predicted octanol–water partition coefficient (Wildman–Crippen LogP) is -1.11. The minimum absolute atomic E-state index is 0.148. The number of thioether (sulfide) groups is 1. The van der Waals surface area contributed by atoms with E-state index in [4.69, 9.17) is 9.94 Å². The molecule has 28 heavy (non-hydrogen) atoms. The molecule has 2 aliphatic rings. The van der Waals surface area contributed by atoms with Crippen molar-refractivity contribution in [3.63, 3.8) is 0 Å². The van der Waals surface area contributed by atoms with Crippen LogP contribution in [0.4, 0.5) is 0 Å². The van der Waals surface area contributed by atoms with Crippen LogP contribution in [0.25, 0.3) is 0 Å². The molecule has 1 aromatic heterocycles. The average Bonchev–Trinajstić information content (AvgIpc) is 3.18. The van der Waals surface area contributed by atoms with Crippen LogP contribution in [0.15, 0.2) is 28.7 Å². The van der Waals surface area contributed by atoms with Crippen molar-refractivity contribution in [1.29, 1.82) is 0 Å². The predicted molar refractivity (Wildman–Crippen MR) is 93.2 cm³/mol. The van der Waals surface area contributed by atoms with Gasteiger partial charge in [0.25, 0.3) is 11.8 Å². The number of carboxylic acids is 1. The summed E-state index contributed by atoms with van der Waals surface area (Å²) in [6, 6.07) is 0.410. The topological polar surface area (TPSA) is 174 Å². The molecule has 0 bridgehead atoms. The summed E-state index contributed by atoms with van der Waals surface area (Å²) in [5, 5.41) is 29.4. The molecular weight excluding hydrogens is 394 g/mol. The van der Waals surface area contributed by atoms with Crippen LogP contribution < -0.4 is 5.32 Å². The molecule has 0 aromatic carbocycles. The number of aromatic nitrogens is 2. The number of β-lactam (4-membered cyclic amide) rings is 1. The second-order valence-electron chi connectivity index (χ2n) is 5.82. The van der Waals surface area contributed by atoms with Crippen molar-refractivity contribution in [3.05, 3.63) is 29.2 Å². The molecule has 2 aliphatic heterocycles. The Balaban J connectivity index is 1.76. The molecule has 2 atom stereocenters. The molecule has 13 heteroatoms. The third kappa shape index (κ3) is 3.43. The monoisotopic (exact) mass is 409 g/mol. The molecule has 0 saturated carbocycles. The van der Waals surface area contributed by atoms with E-state index in [1.54, 1.807) is 0 Å². The van der Waals surface area contributed by atoms with Gasteiger partial charge in [0, 0.05) is 24.4 Å². The number of fused-ring (bicyclic) bond motifs is 1. The first-order valence-corrected chi connectivity index (χ1v) is 8.96. The number of aromatic amines is 1. The molecule has 0 spiro atoms. The number of oxime groups is 1. The van der Waals surface area contributed by atoms with Crippen LogP contribution in [0.3, 0.4) is 0 Å². The van der Waals surface area contributed by atoms with E-state index in [-0.39, 0.29) is 35.0 Å². The van der Waals surface area contributed by atoms with Crippen molar-refractivity contribution < 1.29 is 34.2 Å². The lowest BCUT2D eigenvalue weighted by Crippen LogP contribution is -2.71. The maximum Gasteiger partial charge on any atom is 0.352 e. The van der Waals surface area contributed by atoms with Gasteiger partial charge in [0.05, 0.1) is 5.69 Å². The normalized spacial score (nSPS) is 21.7. The summed E-state index contributed by atoms with van der Waals surface area (Å²) in [7, 11) is 0. The summed E-state index contributed by atoms with van der Waals surface area (Å²) in [5.74, 6) is -3.15. The molecule has 2 amide bonds. The minimum atomic E-state index is -1.33. The smallest absolute Gasteiger partial charge is 0.352 e. The van der Waals surface area contributed by atoms with Gasteiger partial charge in [-0.2, -0.15) is 5.10 Å². The number of carboxylic acid groups (broad SMARTS) is 1. The van der Waals surface area contributed by atoms with Crippen LogP contribution in [-0.2, 0) is 23.9 Å². The molecule has 0 radical (unpaired) electrons. The fourth-order valence-corrected chi connectivity index (χ4v) is 4.13. The number of carbonyl (C=O) groups excluding carboxylic acids is 3. The number of aliphatic carboxylic acids is 1. The van der Waals surface area contributed by atoms with Crippen molar-refractivity contribution in [2.24, 2.45) is 5.16 Å². The summed E-state index contributed by atoms with van der Waals surface area (Å²) < 4.78 is 4.85. The molecular formula is C15H15N5O7S. The Hall–Kier alpha value is -3.35. The fraction of sp³-hybridized carbons (Fsp3) is 0.333. The van der Waals surface area contributed by atoms with Crippen molar-refractivity contribution in [1.82, 2.24) is 20.4 Å². The van der Waals surface area contributed by atoms with Gasteiger partial charge in [-0.1, -0.05) is 5.16 Å². The zero-order valence-corrected chi connectivity index (χ0v) is 15.2. The van der Waals surface area contributed by atoms with Gasteiger partial charge in [-0.05, 0) is 6.07 Å². The standard InChI is InChI=1S/C15H15N5O7S/c1-6(21)27-4-7-5-28-14-10(13(23)20(14)11(7)15(24)25)17-12(22)9(19-26)8-2-3-16-18-8/h2-3,10,14,26H,4-5H2,1H3,(H,16,18)(H,17,22)(H,24,25)/t10?,14-/m1/s1. The molecule has 4 N–H and O–H groups in total. The largest absolute Gasteiger partial charge is 0.477 e. The highest BCUT2D eigenvalue weighted by molar-refractivity contribution is 8.00. The van der Waals surface area contributed by atoms with Gasteiger partial charge in [0.15, 0.2) is 5.71 Å². The molecule has 1 fully saturated rings. The number of ether oxygens (including phenoxy) is 1. The number of esters is 1. The van der Waals surface area contributed by atoms with Crippen molar-refractivity contribution in [3.8, 4) is 0 Å². The van der Waals surface area contributed by atoms with Gasteiger partial charge in [-0.3, -0.25) is 24.4 Å². The van der Waals surface area contributed by atoms with E-state index in [0.717, 1.165) is 4.90 Å². The second kappa shape index (κ2) is 7.72. The average molecular weight is 409 g/mol. The Morgan fingerprint density at radius 3 is 2.82 bits per heavy atom. The highest BCUT2D eigenvalue weighted by Crippen LogP contribution is 2.40.